The molecule has 4 amide bonds. The molecule has 0 radical (unpaired) electrons. The Morgan fingerprint density at radius 2 is 1.76 bits per heavy atom. The minimum Gasteiger partial charge on any atom is -0.474 e. The van der Waals surface area contributed by atoms with E-state index in [-0.39, 0.29) is 24.2 Å². The fourth-order valence-electron chi connectivity index (χ4n) is 8.53. The molecule has 14 nitrogen and oxygen atoms in total. The molecule has 4 aliphatic heterocycles. The highest BCUT2D eigenvalue weighted by atomic mass is 16.6. The lowest BCUT2D eigenvalue weighted by Gasteiger charge is -2.32. The molecule has 14 heteroatoms. The van der Waals surface area contributed by atoms with E-state index in [0.29, 0.717) is 49.2 Å². The van der Waals surface area contributed by atoms with Crippen LogP contribution in [0.1, 0.15) is 79.1 Å². The van der Waals surface area contributed by atoms with Gasteiger partial charge in [0.15, 0.2) is 0 Å². The lowest BCUT2D eigenvalue weighted by atomic mass is 9.96. The summed E-state index contributed by atoms with van der Waals surface area (Å²) < 4.78 is 11.5. The molecule has 1 atom stereocenters. The van der Waals surface area contributed by atoms with Gasteiger partial charge in [0.05, 0.1) is 12.1 Å². The van der Waals surface area contributed by atoms with E-state index in [1.807, 2.05) is 70.2 Å². The van der Waals surface area contributed by atoms with Crippen molar-refractivity contribution in [3.63, 3.8) is 0 Å². The van der Waals surface area contributed by atoms with Crippen LogP contribution in [0.4, 0.5) is 22.1 Å². The van der Waals surface area contributed by atoms with E-state index in [9.17, 15) is 19.2 Å². The van der Waals surface area contributed by atoms with Gasteiger partial charge in [-0.15, -0.1) is 0 Å². The SMILES string of the molecule is Cc1c(-c2ccc3cnc(Nc4ccc(CN5CCC(C#Cc6ccc7c(c6)CN(C6CCC(=O)NC6=O)C7=O)CC5)cc4)nc3c2)cnc2c1N(C(=O)OC(C)(C)C)CCO2. The molecule has 2 N–H and O–H groups in total. The molecule has 2 aromatic heterocycles. The highest BCUT2D eigenvalue weighted by Crippen LogP contribution is 2.39. The smallest absolute Gasteiger partial charge is 0.415 e. The summed E-state index contributed by atoms with van der Waals surface area (Å²) in [5.74, 6) is 7.11. The van der Waals surface area contributed by atoms with Gasteiger partial charge in [-0.05, 0) is 119 Å². The summed E-state index contributed by atoms with van der Waals surface area (Å²) in [7, 11) is 0. The molecule has 0 saturated carbocycles. The number of carbonyl (C=O) groups is 4. The number of nitrogens with zero attached hydrogens (tertiary/aromatic N) is 6. The van der Waals surface area contributed by atoms with Gasteiger partial charge in [0.1, 0.15) is 23.9 Å². The predicted molar refractivity (Wildman–Crippen MR) is 234 cm³/mol. The number of carbonyl (C=O) groups excluding carboxylic acids is 4. The van der Waals surface area contributed by atoms with E-state index in [4.69, 9.17) is 14.5 Å². The van der Waals surface area contributed by atoms with Crippen LogP contribution in [0.15, 0.2) is 73.1 Å². The summed E-state index contributed by atoms with van der Waals surface area (Å²) in [5, 5.41) is 6.61. The van der Waals surface area contributed by atoms with Crippen molar-refractivity contribution in [3.8, 4) is 28.8 Å². The Morgan fingerprint density at radius 1 is 0.952 bits per heavy atom. The highest BCUT2D eigenvalue weighted by molar-refractivity contribution is 6.05. The number of aromatic nitrogens is 3. The Morgan fingerprint density at radius 3 is 2.53 bits per heavy atom. The summed E-state index contributed by atoms with van der Waals surface area (Å²) >= 11 is 0. The van der Waals surface area contributed by atoms with Gasteiger partial charge in [-0.3, -0.25) is 29.5 Å². The number of rotatable bonds is 6. The second-order valence-corrected chi connectivity index (χ2v) is 17.3. The van der Waals surface area contributed by atoms with Crippen molar-refractivity contribution >= 4 is 52.0 Å². The van der Waals surface area contributed by atoms with Gasteiger partial charge >= 0.3 is 6.09 Å². The standard InChI is InChI=1S/C48H48N8O6/c1-29-38(26-49-44-42(29)55(21-22-61-44)47(60)62-48(2,3)4)33-10-11-34-25-50-46(52-39(34)24-33)51-36-12-7-32(8-13-36)27-54-19-17-30(18-20-54)5-6-31-9-14-37-35(23-31)28-56(45(37)59)40-15-16-41(57)53-43(40)58/h7-14,23-26,30,40H,15-22,27-28H2,1-4H3,(H,50,51,52)(H,53,57,58). The molecule has 2 fully saturated rings. The van der Waals surface area contributed by atoms with Gasteiger partial charge in [0.25, 0.3) is 5.91 Å². The number of fused-ring (bicyclic) bond motifs is 3. The lowest BCUT2D eigenvalue weighted by molar-refractivity contribution is -0.136. The van der Waals surface area contributed by atoms with Gasteiger partial charge in [-0.1, -0.05) is 36.1 Å². The molecule has 4 aliphatic rings. The monoisotopic (exact) mass is 832 g/mol. The average molecular weight is 833 g/mol. The first-order valence-electron chi connectivity index (χ1n) is 21.1. The van der Waals surface area contributed by atoms with Crippen LogP contribution in [0.5, 0.6) is 5.88 Å². The summed E-state index contributed by atoms with van der Waals surface area (Å²) in [4.78, 5) is 69.9. The van der Waals surface area contributed by atoms with Crippen LogP contribution in [-0.4, -0.2) is 86.5 Å². The van der Waals surface area contributed by atoms with Crippen molar-refractivity contribution in [2.24, 2.45) is 5.92 Å². The number of benzene rings is 3. The zero-order valence-electron chi connectivity index (χ0n) is 35.3. The van der Waals surface area contributed by atoms with Crippen LogP contribution < -0.4 is 20.3 Å². The average Bonchev–Trinajstić information content (AvgIpc) is 3.57. The molecule has 6 heterocycles. The summed E-state index contributed by atoms with van der Waals surface area (Å²) in [6.45, 7) is 11.3. The second kappa shape index (κ2) is 16.5. The molecule has 62 heavy (non-hydrogen) atoms. The van der Waals surface area contributed by atoms with Gasteiger partial charge in [0.2, 0.25) is 23.6 Å². The maximum atomic E-state index is 13.2. The molecule has 2 saturated heterocycles. The topological polar surface area (TPSA) is 159 Å². The Bertz CT molecular complexity index is 2670. The molecule has 1 unspecified atom stereocenters. The Kier molecular flexibility index (Phi) is 10.8. The number of hydrogen-bond donors (Lipinski definition) is 2. The summed E-state index contributed by atoms with van der Waals surface area (Å²) in [6.07, 6.45) is 5.68. The van der Waals surface area contributed by atoms with Crippen LogP contribution in [0, 0.1) is 24.7 Å². The summed E-state index contributed by atoms with van der Waals surface area (Å²) in [6, 6.07) is 19.4. The molecule has 0 bridgehead atoms. The fraction of sp³-hybridized carbons (Fsp3) is 0.354. The fourth-order valence-corrected chi connectivity index (χ4v) is 8.53. The van der Waals surface area contributed by atoms with E-state index in [1.54, 1.807) is 28.3 Å². The number of likely N-dealkylation sites (tertiary alicyclic amines) is 1. The predicted octanol–water partition coefficient (Wildman–Crippen LogP) is 6.90. The number of anilines is 3. The molecular formula is C48H48N8O6. The number of nitrogens with one attached hydrogen (secondary N) is 2. The van der Waals surface area contributed by atoms with E-state index in [1.165, 1.54) is 5.56 Å². The molecule has 3 aromatic carbocycles. The van der Waals surface area contributed by atoms with Crippen molar-refractivity contribution in [2.45, 2.75) is 78.1 Å². The van der Waals surface area contributed by atoms with Crippen LogP contribution in [-0.2, 0) is 27.4 Å². The van der Waals surface area contributed by atoms with Crippen molar-refractivity contribution in [3.05, 3.63) is 101 Å². The first-order valence-corrected chi connectivity index (χ1v) is 21.1. The number of ether oxygens (including phenoxy) is 2. The minimum absolute atomic E-state index is 0.176. The third-order valence-electron chi connectivity index (χ3n) is 11.8. The van der Waals surface area contributed by atoms with Crippen molar-refractivity contribution in [1.29, 1.82) is 0 Å². The molecule has 9 rings (SSSR count). The Hall–Kier alpha value is -6.85. The van der Waals surface area contributed by atoms with Gasteiger partial charge in [-0.2, -0.15) is 0 Å². The van der Waals surface area contributed by atoms with Crippen molar-refractivity contribution < 1.29 is 28.7 Å². The van der Waals surface area contributed by atoms with Crippen LogP contribution >= 0.6 is 0 Å². The van der Waals surface area contributed by atoms with E-state index >= 15 is 0 Å². The first kappa shape index (κ1) is 40.6. The van der Waals surface area contributed by atoms with Gasteiger partial charge < -0.3 is 19.7 Å². The summed E-state index contributed by atoms with van der Waals surface area (Å²) in [5.41, 5.74) is 7.80. The highest BCUT2D eigenvalue weighted by Gasteiger charge is 2.39. The van der Waals surface area contributed by atoms with Crippen LogP contribution in [0.3, 0.4) is 0 Å². The third-order valence-corrected chi connectivity index (χ3v) is 11.8. The first-order chi connectivity index (χ1) is 29.8. The Balaban J connectivity index is 0.796. The van der Waals surface area contributed by atoms with E-state index in [2.05, 4.69) is 49.5 Å². The van der Waals surface area contributed by atoms with Crippen molar-refractivity contribution in [2.75, 3.05) is 36.5 Å². The lowest BCUT2D eigenvalue weighted by Crippen LogP contribution is -2.52. The van der Waals surface area contributed by atoms with Gasteiger partial charge in [-0.25, -0.2) is 19.7 Å². The van der Waals surface area contributed by atoms with Gasteiger partial charge in [0, 0.05) is 65.6 Å². The maximum Gasteiger partial charge on any atom is 0.415 e. The van der Waals surface area contributed by atoms with E-state index < -0.39 is 23.6 Å². The largest absolute Gasteiger partial charge is 0.474 e. The minimum atomic E-state index is -0.634. The number of amides is 4. The number of pyridine rings is 1. The number of hydrogen-bond acceptors (Lipinski definition) is 11. The third kappa shape index (κ3) is 8.53. The van der Waals surface area contributed by atoms with Crippen LogP contribution in [0.25, 0.3) is 22.0 Å². The zero-order valence-corrected chi connectivity index (χ0v) is 35.3. The van der Waals surface area contributed by atoms with Crippen LogP contribution in [0.2, 0.25) is 0 Å². The number of piperidine rings is 2. The molecular weight excluding hydrogens is 785 g/mol. The second-order valence-electron chi connectivity index (χ2n) is 17.3. The normalized spacial score (nSPS) is 18.1. The van der Waals surface area contributed by atoms with E-state index in [0.717, 1.165) is 76.9 Å². The zero-order chi connectivity index (χ0) is 43.1. The maximum absolute atomic E-state index is 13.2. The quantitative estimate of drug-likeness (QED) is 0.135. The Labute approximate surface area is 360 Å². The molecule has 316 valence electrons. The molecule has 0 spiro atoms. The molecule has 0 aliphatic carbocycles. The van der Waals surface area contributed by atoms with Crippen molar-refractivity contribution in [1.82, 2.24) is 30.1 Å². The molecule has 5 aromatic rings. The number of imide groups is 1.